The molecule has 0 radical (unpaired) electrons. The minimum absolute atomic E-state index is 0.0734. The molecule has 4 nitrogen and oxygen atoms in total. The fourth-order valence-corrected chi connectivity index (χ4v) is 3.17. The maximum atomic E-state index is 9.61. The van der Waals surface area contributed by atoms with Crippen molar-refractivity contribution in [2.75, 3.05) is 39.4 Å². The maximum absolute atomic E-state index is 9.61. The van der Waals surface area contributed by atoms with Crippen molar-refractivity contribution < 1.29 is 9.84 Å². The van der Waals surface area contributed by atoms with Crippen LogP contribution in [0.1, 0.15) is 39.5 Å². The van der Waals surface area contributed by atoms with E-state index in [1.165, 1.54) is 0 Å². The van der Waals surface area contributed by atoms with Crippen molar-refractivity contribution in [1.29, 1.82) is 0 Å². The number of ether oxygens (including phenoxy) is 1. The van der Waals surface area contributed by atoms with Gasteiger partial charge >= 0.3 is 0 Å². The Hall–Kier alpha value is -0.160. The molecule has 2 saturated heterocycles. The minimum atomic E-state index is -0.0734. The summed E-state index contributed by atoms with van der Waals surface area (Å²) in [4.78, 5) is 2.54. The van der Waals surface area contributed by atoms with E-state index >= 15 is 0 Å². The number of nitrogens with zero attached hydrogens (tertiary/aromatic N) is 1. The first-order chi connectivity index (χ1) is 9.10. The van der Waals surface area contributed by atoms with Gasteiger partial charge in [-0.25, -0.2) is 0 Å². The zero-order chi connectivity index (χ0) is 13.7. The standard InChI is InChI=1S/C15H30N2O2/c1-13(2)16-11-15(5-9-19-10-6-15)12-17-7-3-14(18)4-8-17/h13-14,16,18H,3-12H2,1-2H3. The van der Waals surface area contributed by atoms with E-state index in [-0.39, 0.29) is 6.10 Å². The molecule has 2 N–H and O–H groups in total. The van der Waals surface area contributed by atoms with Crippen molar-refractivity contribution in [2.24, 2.45) is 5.41 Å². The molecule has 0 saturated carbocycles. The van der Waals surface area contributed by atoms with Crippen LogP contribution in [0.4, 0.5) is 0 Å². The van der Waals surface area contributed by atoms with Gasteiger partial charge in [0.1, 0.15) is 0 Å². The van der Waals surface area contributed by atoms with E-state index in [1.54, 1.807) is 0 Å². The lowest BCUT2D eigenvalue weighted by atomic mass is 9.79. The molecule has 0 atom stereocenters. The van der Waals surface area contributed by atoms with Gasteiger partial charge in [0, 0.05) is 45.4 Å². The maximum Gasteiger partial charge on any atom is 0.0564 e. The van der Waals surface area contributed by atoms with Crippen LogP contribution in [0.25, 0.3) is 0 Å². The second-order valence-corrected chi connectivity index (χ2v) is 6.66. The van der Waals surface area contributed by atoms with E-state index < -0.39 is 0 Å². The SMILES string of the molecule is CC(C)NCC1(CN2CCC(O)CC2)CCOCC1. The van der Waals surface area contributed by atoms with Gasteiger partial charge in [0.2, 0.25) is 0 Å². The van der Waals surface area contributed by atoms with E-state index in [4.69, 9.17) is 4.74 Å². The summed E-state index contributed by atoms with van der Waals surface area (Å²) in [7, 11) is 0. The number of nitrogens with one attached hydrogen (secondary N) is 1. The summed E-state index contributed by atoms with van der Waals surface area (Å²) in [6.07, 6.45) is 4.11. The largest absolute Gasteiger partial charge is 0.393 e. The third-order valence-electron chi connectivity index (χ3n) is 4.55. The highest BCUT2D eigenvalue weighted by Crippen LogP contribution is 2.32. The lowest BCUT2D eigenvalue weighted by Crippen LogP contribution is -2.50. The lowest BCUT2D eigenvalue weighted by molar-refractivity contribution is -0.0163. The predicted octanol–water partition coefficient (Wildman–Crippen LogP) is 1.24. The summed E-state index contributed by atoms with van der Waals surface area (Å²) in [6, 6.07) is 0.544. The number of likely N-dealkylation sites (tertiary alicyclic amines) is 1. The predicted molar refractivity (Wildman–Crippen MR) is 77.3 cm³/mol. The van der Waals surface area contributed by atoms with Crippen molar-refractivity contribution in [3.05, 3.63) is 0 Å². The molecule has 0 amide bonds. The molecule has 112 valence electrons. The number of rotatable bonds is 5. The summed E-state index contributed by atoms with van der Waals surface area (Å²) in [6.45, 7) is 10.6. The van der Waals surface area contributed by atoms with E-state index in [9.17, 15) is 5.11 Å². The average Bonchev–Trinajstić information content (AvgIpc) is 2.41. The molecule has 0 aromatic rings. The second kappa shape index (κ2) is 7.02. The molecule has 2 rings (SSSR count). The van der Waals surface area contributed by atoms with Gasteiger partial charge in [-0.15, -0.1) is 0 Å². The van der Waals surface area contributed by atoms with Crippen LogP contribution < -0.4 is 5.32 Å². The second-order valence-electron chi connectivity index (χ2n) is 6.66. The molecule has 2 aliphatic rings. The molecular weight excluding hydrogens is 240 g/mol. The minimum Gasteiger partial charge on any atom is -0.393 e. The van der Waals surface area contributed by atoms with Gasteiger partial charge in [0.25, 0.3) is 0 Å². The molecule has 2 heterocycles. The van der Waals surface area contributed by atoms with Crippen LogP contribution in [0.3, 0.4) is 0 Å². The van der Waals surface area contributed by atoms with Crippen molar-refractivity contribution in [2.45, 2.75) is 51.7 Å². The summed E-state index contributed by atoms with van der Waals surface area (Å²) >= 11 is 0. The van der Waals surface area contributed by atoms with E-state index in [1.807, 2.05) is 0 Å². The fourth-order valence-electron chi connectivity index (χ4n) is 3.17. The Morgan fingerprint density at radius 3 is 2.47 bits per heavy atom. The first-order valence-corrected chi connectivity index (χ1v) is 7.81. The molecule has 2 aliphatic heterocycles. The Morgan fingerprint density at radius 2 is 1.89 bits per heavy atom. The third kappa shape index (κ3) is 4.71. The van der Waals surface area contributed by atoms with E-state index in [0.717, 1.165) is 65.1 Å². The zero-order valence-corrected chi connectivity index (χ0v) is 12.5. The summed E-state index contributed by atoms with van der Waals surface area (Å²) < 4.78 is 5.55. The van der Waals surface area contributed by atoms with Gasteiger partial charge in [-0.3, -0.25) is 0 Å². The molecule has 2 fully saturated rings. The van der Waals surface area contributed by atoms with Gasteiger partial charge in [-0.2, -0.15) is 0 Å². The van der Waals surface area contributed by atoms with Gasteiger partial charge in [0.05, 0.1) is 6.10 Å². The Bertz CT molecular complexity index is 257. The van der Waals surface area contributed by atoms with Crippen molar-refractivity contribution in [1.82, 2.24) is 10.2 Å². The Morgan fingerprint density at radius 1 is 1.26 bits per heavy atom. The molecule has 0 aromatic heterocycles. The number of aliphatic hydroxyl groups excluding tert-OH is 1. The Labute approximate surface area is 117 Å². The van der Waals surface area contributed by atoms with Crippen LogP contribution in [0, 0.1) is 5.41 Å². The molecule has 0 unspecified atom stereocenters. The van der Waals surface area contributed by atoms with Crippen molar-refractivity contribution in [3.8, 4) is 0 Å². The molecule has 0 bridgehead atoms. The number of aliphatic hydroxyl groups is 1. The number of piperidine rings is 1. The highest BCUT2D eigenvalue weighted by atomic mass is 16.5. The van der Waals surface area contributed by atoms with E-state index in [0.29, 0.717) is 11.5 Å². The monoisotopic (exact) mass is 270 g/mol. The van der Waals surface area contributed by atoms with Crippen molar-refractivity contribution in [3.63, 3.8) is 0 Å². The topological polar surface area (TPSA) is 44.7 Å². The summed E-state index contributed by atoms with van der Waals surface area (Å²) in [5.41, 5.74) is 0.366. The Kier molecular flexibility index (Phi) is 5.63. The number of hydrogen-bond donors (Lipinski definition) is 2. The zero-order valence-electron chi connectivity index (χ0n) is 12.5. The first kappa shape index (κ1) is 15.2. The van der Waals surface area contributed by atoms with Crippen LogP contribution in [0.2, 0.25) is 0 Å². The van der Waals surface area contributed by atoms with Gasteiger partial charge in [0.15, 0.2) is 0 Å². The molecule has 0 aromatic carbocycles. The van der Waals surface area contributed by atoms with E-state index in [2.05, 4.69) is 24.1 Å². The van der Waals surface area contributed by atoms with Gasteiger partial charge in [-0.05, 0) is 31.1 Å². The molecular formula is C15H30N2O2. The average molecular weight is 270 g/mol. The quantitative estimate of drug-likeness (QED) is 0.789. The Balaban J connectivity index is 1.89. The van der Waals surface area contributed by atoms with Crippen LogP contribution in [0.15, 0.2) is 0 Å². The van der Waals surface area contributed by atoms with Crippen LogP contribution in [-0.2, 0) is 4.74 Å². The highest BCUT2D eigenvalue weighted by Gasteiger charge is 2.35. The lowest BCUT2D eigenvalue weighted by Gasteiger charge is -2.43. The highest BCUT2D eigenvalue weighted by molar-refractivity contribution is 4.89. The fraction of sp³-hybridized carbons (Fsp3) is 1.00. The molecule has 0 aliphatic carbocycles. The molecule has 19 heavy (non-hydrogen) atoms. The normalized spacial score (nSPS) is 25.9. The smallest absolute Gasteiger partial charge is 0.0564 e. The van der Waals surface area contributed by atoms with Crippen LogP contribution in [0.5, 0.6) is 0 Å². The third-order valence-corrected chi connectivity index (χ3v) is 4.55. The molecule has 0 spiro atoms. The number of hydrogen-bond acceptors (Lipinski definition) is 4. The first-order valence-electron chi connectivity index (χ1n) is 7.81. The van der Waals surface area contributed by atoms with Gasteiger partial charge < -0.3 is 20.1 Å². The van der Waals surface area contributed by atoms with Crippen molar-refractivity contribution >= 4 is 0 Å². The van der Waals surface area contributed by atoms with Gasteiger partial charge in [-0.1, -0.05) is 13.8 Å². The van der Waals surface area contributed by atoms with Crippen LogP contribution >= 0.6 is 0 Å². The summed E-state index contributed by atoms with van der Waals surface area (Å²) in [5.74, 6) is 0. The molecule has 4 heteroatoms. The summed E-state index contributed by atoms with van der Waals surface area (Å²) in [5, 5.41) is 13.2. The van der Waals surface area contributed by atoms with Crippen LogP contribution in [-0.4, -0.2) is 61.5 Å².